The molecule has 7 nitrogen and oxygen atoms in total. The second-order valence-corrected chi connectivity index (χ2v) is 8.29. The molecule has 186 valence electrons. The third-order valence-corrected chi connectivity index (χ3v) is 5.95. The van der Waals surface area contributed by atoms with Crippen LogP contribution in [0.1, 0.15) is 25.0 Å². The standard InChI is InChI=1S/C30H27N3O4/c1-4-19-11-7-9-13-22(19)28-31-29(23-14-10-8-12-20(23)5-2)33-30(32-28)24-16-15-21(17-26(24)35)37-18-27(36)25(34)6-3/h6-17,35H,3-5,18H2,1-2H3. The lowest BCUT2D eigenvalue weighted by Crippen LogP contribution is -2.19. The molecule has 0 amide bonds. The second-order valence-electron chi connectivity index (χ2n) is 8.29. The Morgan fingerprint density at radius 3 is 1.81 bits per heavy atom. The van der Waals surface area contributed by atoms with E-state index in [0.717, 1.165) is 41.2 Å². The lowest BCUT2D eigenvalue weighted by atomic mass is 10.0. The van der Waals surface area contributed by atoms with Crippen LogP contribution in [0.5, 0.6) is 11.5 Å². The SMILES string of the molecule is C=CC(=O)C(=O)COc1ccc(-c2nc(-c3ccccc3CC)nc(-c3ccccc3CC)n2)c(O)c1. The first-order valence-corrected chi connectivity index (χ1v) is 12.0. The second kappa shape index (κ2) is 11.4. The van der Waals surface area contributed by atoms with Crippen LogP contribution in [0, 0.1) is 0 Å². The van der Waals surface area contributed by atoms with Crippen LogP contribution < -0.4 is 4.74 Å². The lowest BCUT2D eigenvalue weighted by Gasteiger charge is -2.13. The highest BCUT2D eigenvalue weighted by Gasteiger charge is 2.18. The van der Waals surface area contributed by atoms with E-state index >= 15 is 0 Å². The minimum Gasteiger partial charge on any atom is -0.507 e. The number of ketones is 2. The van der Waals surface area contributed by atoms with Gasteiger partial charge in [0, 0.05) is 17.2 Å². The molecule has 7 heteroatoms. The van der Waals surface area contributed by atoms with Gasteiger partial charge in [0.15, 0.2) is 24.1 Å². The maximum Gasteiger partial charge on any atom is 0.239 e. The number of carbonyl (C=O) groups excluding carboxylic acids is 2. The van der Waals surface area contributed by atoms with Crippen LogP contribution in [0.25, 0.3) is 34.2 Å². The summed E-state index contributed by atoms with van der Waals surface area (Å²) in [7, 11) is 0. The van der Waals surface area contributed by atoms with E-state index < -0.39 is 18.2 Å². The van der Waals surface area contributed by atoms with Crippen LogP contribution in [0.3, 0.4) is 0 Å². The molecule has 0 spiro atoms. The quantitative estimate of drug-likeness (QED) is 0.233. The molecule has 0 saturated carbocycles. The summed E-state index contributed by atoms with van der Waals surface area (Å²) in [6.45, 7) is 6.99. The van der Waals surface area contributed by atoms with Crippen molar-refractivity contribution in [2.75, 3.05) is 6.61 Å². The first-order valence-electron chi connectivity index (χ1n) is 12.0. The summed E-state index contributed by atoms with van der Waals surface area (Å²) in [4.78, 5) is 37.4. The van der Waals surface area contributed by atoms with Gasteiger partial charge in [-0.2, -0.15) is 0 Å². The van der Waals surface area contributed by atoms with Gasteiger partial charge < -0.3 is 9.84 Å². The highest BCUT2D eigenvalue weighted by molar-refractivity contribution is 6.42. The van der Waals surface area contributed by atoms with Gasteiger partial charge in [-0.25, -0.2) is 15.0 Å². The van der Waals surface area contributed by atoms with Crippen LogP contribution >= 0.6 is 0 Å². The molecule has 0 aliphatic carbocycles. The van der Waals surface area contributed by atoms with Crippen LogP contribution in [0.4, 0.5) is 0 Å². The maximum atomic E-state index is 11.7. The van der Waals surface area contributed by atoms with Crippen molar-refractivity contribution in [2.45, 2.75) is 26.7 Å². The number of phenolic OH excluding ortho intramolecular Hbond substituents is 1. The summed E-state index contributed by atoms with van der Waals surface area (Å²) in [5.74, 6) is -0.0309. The number of aromatic nitrogens is 3. The molecular weight excluding hydrogens is 466 g/mol. The largest absolute Gasteiger partial charge is 0.507 e. The first-order chi connectivity index (χ1) is 17.9. The number of aryl methyl sites for hydroxylation is 2. The van der Waals surface area contributed by atoms with Crippen molar-refractivity contribution in [3.8, 4) is 45.7 Å². The average molecular weight is 494 g/mol. The van der Waals surface area contributed by atoms with E-state index in [-0.39, 0.29) is 11.5 Å². The molecule has 0 aliphatic rings. The monoisotopic (exact) mass is 493 g/mol. The Hall–Kier alpha value is -4.65. The molecular formula is C30H27N3O4. The first kappa shape index (κ1) is 25.4. The van der Waals surface area contributed by atoms with E-state index in [1.54, 1.807) is 12.1 Å². The van der Waals surface area contributed by atoms with Gasteiger partial charge in [-0.15, -0.1) is 0 Å². The van der Waals surface area contributed by atoms with Crippen LogP contribution in [-0.4, -0.2) is 38.2 Å². The number of carbonyl (C=O) groups is 2. The summed E-state index contributed by atoms with van der Waals surface area (Å²) < 4.78 is 5.38. The molecule has 0 radical (unpaired) electrons. The van der Waals surface area contributed by atoms with Crippen molar-refractivity contribution in [3.05, 3.63) is 90.5 Å². The van der Waals surface area contributed by atoms with Gasteiger partial charge in [-0.3, -0.25) is 9.59 Å². The number of hydrogen-bond acceptors (Lipinski definition) is 7. The van der Waals surface area contributed by atoms with E-state index in [4.69, 9.17) is 19.7 Å². The van der Waals surface area contributed by atoms with Crippen molar-refractivity contribution in [2.24, 2.45) is 0 Å². The fourth-order valence-corrected chi connectivity index (χ4v) is 3.95. The highest BCUT2D eigenvalue weighted by atomic mass is 16.5. The number of ether oxygens (including phenoxy) is 1. The maximum absolute atomic E-state index is 11.7. The predicted molar refractivity (Wildman–Crippen MR) is 142 cm³/mol. The number of rotatable bonds is 10. The normalized spacial score (nSPS) is 10.6. The van der Waals surface area contributed by atoms with E-state index in [2.05, 4.69) is 20.4 Å². The van der Waals surface area contributed by atoms with E-state index in [1.165, 1.54) is 6.07 Å². The Kier molecular flexibility index (Phi) is 7.83. The average Bonchev–Trinajstić information content (AvgIpc) is 2.95. The number of hydrogen-bond donors (Lipinski definition) is 1. The number of allylic oxidation sites excluding steroid dienone is 1. The van der Waals surface area contributed by atoms with Gasteiger partial charge in [-0.1, -0.05) is 69.0 Å². The summed E-state index contributed by atoms with van der Waals surface area (Å²) >= 11 is 0. The van der Waals surface area contributed by atoms with Gasteiger partial charge in [0.25, 0.3) is 0 Å². The Morgan fingerprint density at radius 2 is 1.32 bits per heavy atom. The summed E-state index contributed by atoms with van der Waals surface area (Å²) in [6.07, 6.45) is 2.56. The zero-order valence-corrected chi connectivity index (χ0v) is 20.8. The fourth-order valence-electron chi connectivity index (χ4n) is 3.95. The van der Waals surface area contributed by atoms with Crippen molar-refractivity contribution in [3.63, 3.8) is 0 Å². The summed E-state index contributed by atoms with van der Waals surface area (Å²) in [5.41, 5.74) is 4.37. The van der Waals surface area contributed by atoms with E-state index in [1.807, 2.05) is 48.5 Å². The molecule has 1 heterocycles. The third-order valence-electron chi connectivity index (χ3n) is 5.95. The molecule has 0 bridgehead atoms. The van der Waals surface area contributed by atoms with Crippen molar-refractivity contribution >= 4 is 11.6 Å². The highest BCUT2D eigenvalue weighted by Crippen LogP contribution is 2.34. The zero-order valence-electron chi connectivity index (χ0n) is 20.8. The number of Topliss-reactive ketones (excluding diaryl/α,β-unsaturated/α-hetero) is 1. The number of aromatic hydroxyl groups is 1. The van der Waals surface area contributed by atoms with Crippen molar-refractivity contribution in [1.29, 1.82) is 0 Å². The molecule has 0 fully saturated rings. The van der Waals surface area contributed by atoms with E-state index in [0.29, 0.717) is 23.0 Å². The molecule has 1 N–H and O–H groups in total. The minimum absolute atomic E-state index is 0.129. The fraction of sp³-hybridized carbons (Fsp3) is 0.167. The molecule has 37 heavy (non-hydrogen) atoms. The van der Waals surface area contributed by atoms with Gasteiger partial charge in [0.1, 0.15) is 11.5 Å². The third kappa shape index (κ3) is 5.62. The molecule has 0 saturated heterocycles. The molecule has 4 aromatic rings. The number of nitrogens with zero attached hydrogens (tertiary/aromatic N) is 3. The minimum atomic E-state index is -0.731. The Balaban J connectivity index is 1.80. The van der Waals surface area contributed by atoms with Crippen LogP contribution in [-0.2, 0) is 22.4 Å². The molecule has 4 rings (SSSR count). The molecule has 0 aliphatic heterocycles. The van der Waals surface area contributed by atoms with Gasteiger partial charge in [0.05, 0.1) is 5.56 Å². The Morgan fingerprint density at radius 1 is 0.811 bits per heavy atom. The van der Waals surface area contributed by atoms with Crippen LogP contribution in [0.2, 0.25) is 0 Å². The van der Waals surface area contributed by atoms with Gasteiger partial charge in [-0.05, 0) is 42.2 Å². The molecule has 0 atom stereocenters. The summed E-state index contributed by atoms with van der Waals surface area (Å²) in [5, 5.41) is 10.8. The topological polar surface area (TPSA) is 102 Å². The van der Waals surface area contributed by atoms with E-state index in [9.17, 15) is 14.7 Å². The molecule has 3 aromatic carbocycles. The zero-order chi connectivity index (χ0) is 26.4. The predicted octanol–water partition coefficient (Wildman–Crippen LogP) is 5.41. The van der Waals surface area contributed by atoms with Gasteiger partial charge >= 0.3 is 0 Å². The molecule has 0 unspecified atom stereocenters. The Labute approximate surface area is 215 Å². The number of benzene rings is 3. The van der Waals surface area contributed by atoms with Crippen LogP contribution in [0.15, 0.2) is 79.4 Å². The van der Waals surface area contributed by atoms with Crippen molar-refractivity contribution < 1.29 is 19.4 Å². The number of phenols is 1. The summed E-state index contributed by atoms with van der Waals surface area (Å²) in [6, 6.07) is 20.5. The lowest BCUT2D eigenvalue weighted by molar-refractivity contribution is -0.135. The molecule has 1 aromatic heterocycles. The van der Waals surface area contributed by atoms with Crippen molar-refractivity contribution in [1.82, 2.24) is 15.0 Å². The Bertz CT molecular complexity index is 1410. The smallest absolute Gasteiger partial charge is 0.239 e. The van der Waals surface area contributed by atoms with Gasteiger partial charge in [0.2, 0.25) is 11.6 Å².